The quantitative estimate of drug-likeness (QED) is 0.826. The lowest BCUT2D eigenvalue weighted by molar-refractivity contribution is 0.243. The minimum absolute atomic E-state index is 0.110. The second-order valence-corrected chi connectivity index (χ2v) is 6.56. The van der Waals surface area contributed by atoms with Gasteiger partial charge < -0.3 is 10.6 Å². The van der Waals surface area contributed by atoms with E-state index in [1.54, 1.807) is 0 Å². The van der Waals surface area contributed by atoms with Gasteiger partial charge in [0, 0.05) is 30.2 Å². The average molecular weight is 279 g/mol. The van der Waals surface area contributed by atoms with Crippen LogP contribution in [0.15, 0.2) is 24.3 Å². The zero-order valence-electron chi connectivity index (χ0n) is 11.4. The summed E-state index contributed by atoms with van der Waals surface area (Å²) >= 11 is 6.02. The number of hydrogen-bond donors (Lipinski definition) is 1. The zero-order valence-corrected chi connectivity index (χ0v) is 12.1. The van der Waals surface area contributed by atoms with E-state index in [-0.39, 0.29) is 6.04 Å². The maximum absolute atomic E-state index is 6.29. The van der Waals surface area contributed by atoms with Gasteiger partial charge in [0.2, 0.25) is 0 Å². The van der Waals surface area contributed by atoms with Gasteiger partial charge in [0.05, 0.1) is 0 Å². The molecule has 2 saturated carbocycles. The fourth-order valence-corrected chi connectivity index (χ4v) is 2.90. The highest BCUT2D eigenvalue weighted by molar-refractivity contribution is 6.30. The van der Waals surface area contributed by atoms with Crippen LogP contribution in [0, 0.1) is 5.92 Å². The first-order valence-corrected chi connectivity index (χ1v) is 7.85. The van der Waals surface area contributed by atoms with E-state index in [0.29, 0.717) is 0 Å². The third kappa shape index (κ3) is 3.95. The Morgan fingerprint density at radius 2 is 2.05 bits per heavy atom. The van der Waals surface area contributed by atoms with Crippen LogP contribution in [0.3, 0.4) is 0 Å². The van der Waals surface area contributed by atoms with Crippen molar-refractivity contribution in [2.45, 2.75) is 44.2 Å². The Kier molecular flexibility index (Phi) is 4.11. The van der Waals surface area contributed by atoms with E-state index >= 15 is 0 Å². The molecule has 2 aliphatic carbocycles. The third-order valence-electron chi connectivity index (χ3n) is 4.26. The molecule has 2 nitrogen and oxygen atoms in total. The van der Waals surface area contributed by atoms with Crippen molar-refractivity contribution in [2.75, 3.05) is 13.1 Å². The summed E-state index contributed by atoms with van der Waals surface area (Å²) in [6.07, 6.45) is 6.68. The number of nitrogens with zero attached hydrogens (tertiary/aromatic N) is 1. The molecule has 0 aliphatic heterocycles. The summed E-state index contributed by atoms with van der Waals surface area (Å²) in [7, 11) is 0. The normalized spacial score (nSPS) is 20.8. The molecule has 1 unspecified atom stereocenters. The van der Waals surface area contributed by atoms with Crippen LogP contribution >= 0.6 is 11.6 Å². The van der Waals surface area contributed by atoms with Gasteiger partial charge in [0.15, 0.2) is 0 Å². The van der Waals surface area contributed by atoms with Crippen molar-refractivity contribution in [2.24, 2.45) is 11.7 Å². The van der Waals surface area contributed by atoms with Crippen LogP contribution in [0.4, 0.5) is 0 Å². The van der Waals surface area contributed by atoms with Crippen molar-refractivity contribution in [3.8, 4) is 0 Å². The fraction of sp³-hybridized carbons (Fsp3) is 0.625. The standard InChI is InChI=1S/C16H23ClN2/c17-14-3-1-2-13(10-14)16(18)8-9-19(15-6-7-15)11-12-4-5-12/h1-3,10,12,15-16H,4-9,11,18H2. The van der Waals surface area contributed by atoms with Gasteiger partial charge in [0.25, 0.3) is 0 Å². The van der Waals surface area contributed by atoms with Crippen LogP contribution in [-0.2, 0) is 0 Å². The average Bonchev–Trinajstić information content (AvgIpc) is 3.27. The molecule has 2 aliphatic rings. The molecule has 1 atom stereocenters. The van der Waals surface area contributed by atoms with E-state index in [0.717, 1.165) is 35.5 Å². The SMILES string of the molecule is NC(CCN(CC1CC1)C1CC1)c1cccc(Cl)c1. The maximum Gasteiger partial charge on any atom is 0.0409 e. The lowest BCUT2D eigenvalue weighted by Gasteiger charge is -2.23. The number of halogens is 1. The summed E-state index contributed by atoms with van der Waals surface area (Å²) in [6.45, 7) is 2.43. The molecule has 19 heavy (non-hydrogen) atoms. The van der Waals surface area contributed by atoms with Gasteiger partial charge in [0.1, 0.15) is 0 Å². The molecule has 0 aromatic heterocycles. The van der Waals surface area contributed by atoms with Crippen molar-refractivity contribution in [3.63, 3.8) is 0 Å². The highest BCUT2D eigenvalue weighted by atomic mass is 35.5. The fourth-order valence-electron chi connectivity index (χ4n) is 2.70. The monoisotopic (exact) mass is 278 g/mol. The van der Waals surface area contributed by atoms with Crippen LogP contribution in [0.25, 0.3) is 0 Å². The molecule has 2 fully saturated rings. The van der Waals surface area contributed by atoms with Crippen molar-refractivity contribution in [1.29, 1.82) is 0 Å². The lowest BCUT2D eigenvalue weighted by Crippen LogP contribution is -2.31. The number of rotatable bonds is 7. The van der Waals surface area contributed by atoms with Crippen molar-refractivity contribution in [3.05, 3.63) is 34.9 Å². The van der Waals surface area contributed by atoms with Crippen LogP contribution in [0.5, 0.6) is 0 Å². The zero-order chi connectivity index (χ0) is 13.2. The molecule has 3 rings (SSSR count). The molecule has 2 N–H and O–H groups in total. The van der Waals surface area contributed by atoms with Gasteiger partial charge >= 0.3 is 0 Å². The van der Waals surface area contributed by atoms with Crippen LogP contribution in [-0.4, -0.2) is 24.0 Å². The second kappa shape index (κ2) is 5.82. The van der Waals surface area contributed by atoms with Gasteiger partial charge in [-0.05, 0) is 55.7 Å². The largest absolute Gasteiger partial charge is 0.324 e. The Morgan fingerprint density at radius 1 is 1.26 bits per heavy atom. The first kappa shape index (κ1) is 13.4. The molecular weight excluding hydrogens is 256 g/mol. The Hall–Kier alpha value is -0.570. The van der Waals surface area contributed by atoms with Gasteiger partial charge in [-0.1, -0.05) is 23.7 Å². The molecule has 0 saturated heterocycles. The van der Waals surface area contributed by atoms with E-state index in [4.69, 9.17) is 17.3 Å². The van der Waals surface area contributed by atoms with Crippen LogP contribution in [0.2, 0.25) is 5.02 Å². The highest BCUT2D eigenvalue weighted by Gasteiger charge is 2.33. The molecule has 1 aromatic carbocycles. The molecule has 0 spiro atoms. The number of nitrogens with two attached hydrogens (primary N) is 1. The number of hydrogen-bond acceptors (Lipinski definition) is 2. The minimum Gasteiger partial charge on any atom is -0.324 e. The molecule has 0 bridgehead atoms. The Labute approximate surface area is 120 Å². The topological polar surface area (TPSA) is 29.3 Å². The Balaban J connectivity index is 1.51. The van der Waals surface area contributed by atoms with E-state index in [9.17, 15) is 0 Å². The molecule has 0 heterocycles. The second-order valence-electron chi connectivity index (χ2n) is 6.12. The van der Waals surface area contributed by atoms with Gasteiger partial charge in [-0.3, -0.25) is 0 Å². The van der Waals surface area contributed by atoms with Crippen LogP contribution < -0.4 is 5.73 Å². The van der Waals surface area contributed by atoms with E-state index < -0.39 is 0 Å². The summed E-state index contributed by atoms with van der Waals surface area (Å²) in [5.74, 6) is 0.975. The predicted octanol–water partition coefficient (Wildman–Crippen LogP) is 3.60. The Bertz CT molecular complexity index is 427. The minimum atomic E-state index is 0.110. The summed E-state index contributed by atoms with van der Waals surface area (Å²) in [6, 6.07) is 8.93. The van der Waals surface area contributed by atoms with Gasteiger partial charge in [-0.15, -0.1) is 0 Å². The molecule has 1 aromatic rings. The molecule has 104 valence electrons. The first-order chi connectivity index (χ1) is 9.22. The van der Waals surface area contributed by atoms with E-state index in [2.05, 4.69) is 11.0 Å². The van der Waals surface area contributed by atoms with Crippen molar-refractivity contribution >= 4 is 11.6 Å². The molecule has 0 amide bonds. The molecule has 3 heteroatoms. The smallest absolute Gasteiger partial charge is 0.0409 e. The summed E-state index contributed by atoms with van der Waals surface area (Å²) in [5.41, 5.74) is 7.46. The summed E-state index contributed by atoms with van der Waals surface area (Å²) in [4.78, 5) is 2.67. The summed E-state index contributed by atoms with van der Waals surface area (Å²) in [5, 5.41) is 0.782. The van der Waals surface area contributed by atoms with Crippen molar-refractivity contribution < 1.29 is 0 Å². The summed E-state index contributed by atoms with van der Waals surface area (Å²) < 4.78 is 0. The van der Waals surface area contributed by atoms with Gasteiger partial charge in [-0.25, -0.2) is 0 Å². The first-order valence-electron chi connectivity index (χ1n) is 7.47. The highest BCUT2D eigenvalue weighted by Crippen LogP contribution is 2.35. The van der Waals surface area contributed by atoms with E-state index in [1.807, 2.05) is 18.2 Å². The molecular formula is C16H23ClN2. The van der Waals surface area contributed by atoms with Crippen LogP contribution in [0.1, 0.15) is 43.7 Å². The predicted molar refractivity (Wildman–Crippen MR) is 80.3 cm³/mol. The van der Waals surface area contributed by atoms with Crippen molar-refractivity contribution in [1.82, 2.24) is 4.90 Å². The third-order valence-corrected chi connectivity index (χ3v) is 4.49. The number of benzene rings is 1. The maximum atomic E-state index is 6.29. The van der Waals surface area contributed by atoms with E-state index in [1.165, 1.54) is 32.2 Å². The lowest BCUT2D eigenvalue weighted by atomic mass is 10.0. The van der Waals surface area contributed by atoms with Gasteiger partial charge in [-0.2, -0.15) is 0 Å². The molecule has 0 radical (unpaired) electrons. The Morgan fingerprint density at radius 3 is 2.68 bits per heavy atom.